The van der Waals surface area contributed by atoms with Gasteiger partial charge in [0.15, 0.2) is 0 Å². The maximum absolute atomic E-state index is 3.19. The Kier molecular flexibility index (Phi) is 3.56. The standard InChI is InChI=1S/C13H21N/c1-9(2)12-7-6-11(14-5)8-13(12)10(3)4/h6-10,14H,1-5H3. The summed E-state index contributed by atoms with van der Waals surface area (Å²) in [4.78, 5) is 0. The van der Waals surface area contributed by atoms with Crippen molar-refractivity contribution in [2.45, 2.75) is 39.5 Å². The minimum absolute atomic E-state index is 0.598. The van der Waals surface area contributed by atoms with Crippen LogP contribution in [0.25, 0.3) is 0 Å². The summed E-state index contributed by atoms with van der Waals surface area (Å²) in [7, 11) is 1.97. The Morgan fingerprint density at radius 3 is 1.93 bits per heavy atom. The van der Waals surface area contributed by atoms with Gasteiger partial charge in [-0.25, -0.2) is 0 Å². The van der Waals surface area contributed by atoms with Crippen LogP contribution in [0.15, 0.2) is 18.2 Å². The van der Waals surface area contributed by atoms with E-state index >= 15 is 0 Å². The first-order valence-electron chi connectivity index (χ1n) is 5.37. The van der Waals surface area contributed by atoms with E-state index in [0.717, 1.165) is 0 Å². The fourth-order valence-electron chi connectivity index (χ4n) is 1.76. The smallest absolute Gasteiger partial charge is 0.0340 e. The first-order chi connectivity index (χ1) is 6.56. The van der Waals surface area contributed by atoms with Gasteiger partial charge in [0, 0.05) is 12.7 Å². The van der Waals surface area contributed by atoms with Crippen LogP contribution in [0.4, 0.5) is 5.69 Å². The van der Waals surface area contributed by atoms with E-state index in [1.54, 1.807) is 0 Å². The van der Waals surface area contributed by atoms with Crippen molar-refractivity contribution in [3.05, 3.63) is 29.3 Å². The lowest BCUT2D eigenvalue weighted by molar-refractivity contribution is 0.790. The summed E-state index contributed by atoms with van der Waals surface area (Å²) in [5, 5.41) is 3.19. The predicted molar refractivity (Wildman–Crippen MR) is 64.2 cm³/mol. The summed E-state index contributed by atoms with van der Waals surface area (Å²) in [5.41, 5.74) is 4.14. The highest BCUT2D eigenvalue weighted by molar-refractivity contribution is 5.49. The zero-order valence-electron chi connectivity index (χ0n) is 9.89. The van der Waals surface area contributed by atoms with Gasteiger partial charge in [0.2, 0.25) is 0 Å². The first kappa shape index (κ1) is 11.1. The van der Waals surface area contributed by atoms with Gasteiger partial charge in [-0.15, -0.1) is 0 Å². The summed E-state index contributed by atoms with van der Waals surface area (Å²) in [6, 6.07) is 6.66. The summed E-state index contributed by atoms with van der Waals surface area (Å²) >= 11 is 0. The second-order valence-electron chi connectivity index (χ2n) is 4.40. The molecule has 0 heterocycles. The maximum atomic E-state index is 3.19. The van der Waals surface area contributed by atoms with Gasteiger partial charge < -0.3 is 5.32 Å². The van der Waals surface area contributed by atoms with E-state index in [9.17, 15) is 0 Å². The topological polar surface area (TPSA) is 12.0 Å². The Morgan fingerprint density at radius 1 is 0.929 bits per heavy atom. The Labute approximate surface area is 87.5 Å². The monoisotopic (exact) mass is 191 g/mol. The van der Waals surface area contributed by atoms with Gasteiger partial charge in [-0.1, -0.05) is 33.8 Å². The van der Waals surface area contributed by atoms with E-state index < -0.39 is 0 Å². The molecule has 0 unspecified atom stereocenters. The average Bonchev–Trinajstić information content (AvgIpc) is 2.16. The van der Waals surface area contributed by atoms with E-state index in [0.29, 0.717) is 11.8 Å². The molecule has 0 amide bonds. The highest BCUT2D eigenvalue weighted by Gasteiger charge is 2.09. The van der Waals surface area contributed by atoms with Crippen molar-refractivity contribution in [1.82, 2.24) is 0 Å². The zero-order chi connectivity index (χ0) is 10.7. The quantitative estimate of drug-likeness (QED) is 0.762. The lowest BCUT2D eigenvalue weighted by Gasteiger charge is -2.17. The predicted octanol–water partition coefficient (Wildman–Crippen LogP) is 3.98. The summed E-state index contributed by atoms with van der Waals surface area (Å²) in [6.07, 6.45) is 0. The number of nitrogens with one attached hydrogen (secondary N) is 1. The third kappa shape index (κ3) is 2.28. The van der Waals surface area contributed by atoms with Crippen molar-refractivity contribution in [2.75, 3.05) is 12.4 Å². The largest absolute Gasteiger partial charge is 0.388 e. The van der Waals surface area contributed by atoms with Crippen LogP contribution in [0.1, 0.15) is 50.7 Å². The first-order valence-corrected chi connectivity index (χ1v) is 5.37. The molecule has 1 aromatic carbocycles. The zero-order valence-corrected chi connectivity index (χ0v) is 9.89. The molecular formula is C13H21N. The average molecular weight is 191 g/mol. The molecule has 0 aromatic heterocycles. The molecule has 1 heteroatoms. The van der Waals surface area contributed by atoms with Crippen LogP contribution in [0, 0.1) is 0 Å². The molecule has 0 aliphatic carbocycles. The Bertz CT molecular complexity index is 300. The van der Waals surface area contributed by atoms with Gasteiger partial charge >= 0.3 is 0 Å². The molecule has 78 valence electrons. The van der Waals surface area contributed by atoms with Gasteiger partial charge in [0.1, 0.15) is 0 Å². The second-order valence-corrected chi connectivity index (χ2v) is 4.40. The summed E-state index contributed by atoms with van der Waals surface area (Å²) in [6.45, 7) is 9.00. The van der Waals surface area contributed by atoms with Crippen molar-refractivity contribution < 1.29 is 0 Å². The Balaban J connectivity index is 3.17. The summed E-state index contributed by atoms with van der Waals surface area (Å²) in [5.74, 6) is 1.21. The van der Waals surface area contributed by atoms with Crippen molar-refractivity contribution in [2.24, 2.45) is 0 Å². The molecule has 0 aliphatic heterocycles. The minimum atomic E-state index is 0.598. The lowest BCUT2D eigenvalue weighted by Crippen LogP contribution is -2.00. The Hall–Kier alpha value is -0.980. The van der Waals surface area contributed by atoms with E-state index in [-0.39, 0.29) is 0 Å². The second kappa shape index (κ2) is 4.50. The molecule has 0 spiro atoms. The van der Waals surface area contributed by atoms with Crippen molar-refractivity contribution in [3.63, 3.8) is 0 Å². The van der Waals surface area contributed by atoms with Crippen LogP contribution in [0.3, 0.4) is 0 Å². The summed E-state index contributed by atoms with van der Waals surface area (Å²) < 4.78 is 0. The van der Waals surface area contributed by atoms with Crippen LogP contribution >= 0.6 is 0 Å². The third-order valence-electron chi connectivity index (χ3n) is 2.62. The van der Waals surface area contributed by atoms with Crippen LogP contribution in [0.2, 0.25) is 0 Å². The molecule has 14 heavy (non-hydrogen) atoms. The van der Waals surface area contributed by atoms with Crippen molar-refractivity contribution >= 4 is 5.69 Å². The van der Waals surface area contributed by atoms with Gasteiger partial charge in [-0.3, -0.25) is 0 Å². The molecule has 0 saturated carbocycles. The van der Waals surface area contributed by atoms with Crippen molar-refractivity contribution in [3.8, 4) is 0 Å². The molecule has 0 atom stereocenters. The molecule has 0 radical (unpaired) electrons. The minimum Gasteiger partial charge on any atom is -0.388 e. The molecule has 0 bridgehead atoms. The van der Waals surface area contributed by atoms with E-state index in [4.69, 9.17) is 0 Å². The molecule has 1 rings (SSSR count). The van der Waals surface area contributed by atoms with Gasteiger partial charge in [0.05, 0.1) is 0 Å². The molecule has 0 aliphatic rings. The molecule has 1 nitrogen and oxygen atoms in total. The van der Waals surface area contributed by atoms with Crippen LogP contribution in [-0.4, -0.2) is 7.05 Å². The normalized spacial score (nSPS) is 11.1. The maximum Gasteiger partial charge on any atom is 0.0340 e. The van der Waals surface area contributed by atoms with E-state index in [1.165, 1.54) is 16.8 Å². The highest BCUT2D eigenvalue weighted by Crippen LogP contribution is 2.28. The van der Waals surface area contributed by atoms with Crippen molar-refractivity contribution in [1.29, 1.82) is 0 Å². The number of benzene rings is 1. The van der Waals surface area contributed by atoms with E-state index in [1.807, 2.05) is 7.05 Å². The number of anilines is 1. The van der Waals surface area contributed by atoms with Gasteiger partial charge in [0.25, 0.3) is 0 Å². The van der Waals surface area contributed by atoms with Crippen LogP contribution in [-0.2, 0) is 0 Å². The fraction of sp³-hybridized carbons (Fsp3) is 0.538. The van der Waals surface area contributed by atoms with E-state index in [2.05, 4.69) is 51.2 Å². The molecule has 0 fully saturated rings. The lowest BCUT2D eigenvalue weighted by atomic mass is 9.90. The Morgan fingerprint density at radius 2 is 1.50 bits per heavy atom. The molecular weight excluding hydrogens is 170 g/mol. The number of hydrogen-bond acceptors (Lipinski definition) is 1. The molecule has 1 aromatic rings. The van der Waals surface area contributed by atoms with Crippen LogP contribution < -0.4 is 5.32 Å². The van der Waals surface area contributed by atoms with Gasteiger partial charge in [-0.05, 0) is 35.1 Å². The SMILES string of the molecule is CNc1ccc(C(C)C)c(C(C)C)c1. The van der Waals surface area contributed by atoms with Crippen LogP contribution in [0.5, 0.6) is 0 Å². The molecule has 0 saturated heterocycles. The number of hydrogen-bond donors (Lipinski definition) is 1. The molecule has 1 N–H and O–H groups in total. The van der Waals surface area contributed by atoms with Gasteiger partial charge in [-0.2, -0.15) is 0 Å². The highest BCUT2D eigenvalue weighted by atomic mass is 14.8. The number of rotatable bonds is 3. The third-order valence-corrected chi connectivity index (χ3v) is 2.62. The fourth-order valence-corrected chi connectivity index (χ4v) is 1.76.